The summed E-state index contributed by atoms with van der Waals surface area (Å²) in [6.45, 7) is 6.62. The second kappa shape index (κ2) is 12.6. The van der Waals surface area contributed by atoms with Gasteiger partial charge in [0.25, 0.3) is 0 Å². The molecule has 2 N–H and O–H groups in total. The fourth-order valence-electron chi connectivity index (χ4n) is 2.70. The molecule has 11 heteroatoms. The molecule has 0 radical (unpaired) electrons. The number of rotatable bonds is 6. The van der Waals surface area contributed by atoms with Gasteiger partial charge in [-0.1, -0.05) is 11.8 Å². The van der Waals surface area contributed by atoms with Crippen molar-refractivity contribution in [3.05, 3.63) is 47.2 Å². The van der Waals surface area contributed by atoms with Gasteiger partial charge in [-0.15, -0.1) is 0 Å². The molecule has 2 heterocycles. The van der Waals surface area contributed by atoms with Crippen LogP contribution >= 0.6 is 11.8 Å². The van der Waals surface area contributed by atoms with Gasteiger partial charge in [0, 0.05) is 31.0 Å². The van der Waals surface area contributed by atoms with Gasteiger partial charge in [0.15, 0.2) is 5.17 Å². The van der Waals surface area contributed by atoms with Crippen LogP contribution in [0.1, 0.15) is 29.6 Å². The second-order valence-electron chi connectivity index (χ2n) is 6.09. The van der Waals surface area contributed by atoms with Crippen molar-refractivity contribution in [2.75, 3.05) is 20.4 Å². The molecule has 166 valence electrons. The Bertz CT molecular complexity index is 946. The third-order valence-electron chi connectivity index (χ3n) is 4.25. The fourth-order valence-corrected chi connectivity index (χ4v) is 3.07. The average molecular weight is 496 g/mol. The molecule has 30 heavy (non-hydrogen) atoms. The van der Waals surface area contributed by atoms with Gasteiger partial charge >= 0.3 is 17.1 Å². The Morgan fingerprint density at radius 1 is 1.20 bits per heavy atom. The van der Waals surface area contributed by atoms with Crippen LogP contribution in [-0.2, 0) is 36.2 Å². The third-order valence-corrected chi connectivity index (χ3v) is 5.18. The molecule has 0 bridgehead atoms. The van der Waals surface area contributed by atoms with Crippen LogP contribution in [0.5, 0.6) is 0 Å². The summed E-state index contributed by atoms with van der Waals surface area (Å²) in [6.07, 6.45) is 3.61. The largest absolute Gasteiger partial charge is 1.00 e. The van der Waals surface area contributed by atoms with Crippen LogP contribution in [-0.4, -0.2) is 46.7 Å². The van der Waals surface area contributed by atoms with E-state index in [0.717, 1.165) is 22.7 Å². The summed E-state index contributed by atoms with van der Waals surface area (Å²) in [5.41, 5.74) is 10.2. The monoisotopic (exact) mass is 495 g/mol. The maximum atomic E-state index is 5.51. The number of hydrazone groups is 2. The molecule has 0 unspecified atom stereocenters. The first-order chi connectivity index (χ1) is 13.9. The molecule has 2 aromatic rings. The van der Waals surface area contributed by atoms with Gasteiger partial charge in [0.05, 0.1) is 18.5 Å². The summed E-state index contributed by atoms with van der Waals surface area (Å²) in [5.74, 6) is 0.886. The zero-order valence-corrected chi connectivity index (χ0v) is 20.4. The first-order valence-electron chi connectivity index (χ1n) is 8.89. The molecule has 0 saturated carbocycles. The third kappa shape index (κ3) is 6.73. The number of aliphatic imine (C=N–C) groups is 2. The number of thioether (sulfide) groups is 1. The predicted molar refractivity (Wildman–Crippen MR) is 125 cm³/mol. The molecule has 0 amide bonds. The minimum Gasteiger partial charge on any atom is -0.741 e. The summed E-state index contributed by atoms with van der Waals surface area (Å²) in [6, 6.07) is 5.92. The molecule has 0 atom stereocenters. The number of amidine groups is 2. The van der Waals surface area contributed by atoms with Crippen molar-refractivity contribution in [1.82, 2.24) is 15.4 Å². The second-order valence-corrected chi connectivity index (χ2v) is 7.27. The van der Waals surface area contributed by atoms with E-state index in [1.165, 1.54) is 11.8 Å². The first-order valence-corrected chi connectivity index (χ1v) is 10.5. The average Bonchev–Trinajstić information content (AvgIpc) is 3.33. The number of nitrogens with one attached hydrogen (secondary N) is 2. The standard InChI is InChI=1S/C19H27N7OS2.Cu/c1-12-10-16(14(3)26(12)11-15-8-7-9-27-15)17(23-24-18(28)20-4)13(2)22-25-19(21-5)29-6;/h7-10H,11H2,1-6H3,(H,21,25)(H2,20,24,28);/q;+1/p-1/b22-13+,23-17-;. The fraction of sp³-hybridized carbons (Fsp3) is 0.368. The number of hydrogen-bond acceptors (Lipinski definition) is 7. The van der Waals surface area contributed by atoms with Crippen molar-refractivity contribution in [3.8, 4) is 0 Å². The minimum absolute atomic E-state index is 0. The van der Waals surface area contributed by atoms with Crippen LogP contribution in [0.15, 0.2) is 49.1 Å². The summed E-state index contributed by atoms with van der Waals surface area (Å²) in [4.78, 5) is 8.06. The Kier molecular flexibility index (Phi) is 10.9. The van der Waals surface area contributed by atoms with Gasteiger partial charge in [-0.3, -0.25) is 20.8 Å². The van der Waals surface area contributed by atoms with Gasteiger partial charge in [-0.05, 0) is 50.4 Å². The molecule has 0 aromatic carbocycles. The summed E-state index contributed by atoms with van der Waals surface area (Å²) in [5, 5.41) is 9.94. The molecule has 0 spiro atoms. The Labute approximate surface area is 197 Å². The Morgan fingerprint density at radius 2 is 1.93 bits per heavy atom. The molecule has 2 aromatic heterocycles. The molecule has 0 aliphatic carbocycles. The minimum atomic E-state index is 0. The van der Waals surface area contributed by atoms with E-state index in [-0.39, 0.29) is 17.1 Å². The molecule has 0 fully saturated rings. The van der Waals surface area contributed by atoms with E-state index >= 15 is 0 Å². The number of hydrogen-bond donors (Lipinski definition) is 2. The zero-order chi connectivity index (χ0) is 21.4. The van der Waals surface area contributed by atoms with Crippen LogP contribution in [0.25, 0.3) is 0 Å². The van der Waals surface area contributed by atoms with Crippen molar-refractivity contribution in [3.63, 3.8) is 0 Å². The molecule has 0 aliphatic heterocycles. The van der Waals surface area contributed by atoms with E-state index in [2.05, 4.69) is 48.6 Å². The van der Waals surface area contributed by atoms with Crippen molar-refractivity contribution >= 4 is 46.1 Å². The van der Waals surface area contributed by atoms with Gasteiger partial charge in [-0.25, -0.2) is 0 Å². The zero-order valence-electron chi connectivity index (χ0n) is 17.8. The first kappa shape index (κ1) is 26.0. The van der Waals surface area contributed by atoms with Crippen LogP contribution in [0.3, 0.4) is 0 Å². The van der Waals surface area contributed by atoms with E-state index in [1.807, 2.05) is 32.2 Å². The topological polar surface area (TPSA) is 91.6 Å². The van der Waals surface area contributed by atoms with Gasteiger partial charge < -0.3 is 21.6 Å². The van der Waals surface area contributed by atoms with Crippen molar-refractivity contribution in [1.29, 1.82) is 0 Å². The smallest absolute Gasteiger partial charge is 0.741 e. The van der Waals surface area contributed by atoms with Crippen molar-refractivity contribution in [2.24, 2.45) is 20.2 Å². The van der Waals surface area contributed by atoms with Gasteiger partial charge in [0.2, 0.25) is 0 Å². The normalized spacial score (nSPS) is 13.3. The summed E-state index contributed by atoms with van der Waals surface area (Å²) in [7, 11) is 3.33. The molecule has 0 aliphatic rings. The maximum Gasteiger partial charge on any atom is 1.00 e. The number of furan rings is 1. The van der Waals surface area contributed by atoms with Crippen LogP contribution < -0.4 is 10.9 Å². The Balaban J connectivity index is 0.00000450. The number of aryl methyl sites for hydroxylation is 1. The maximum absolute atomic E-state index is 5.51. The van der Waals surface area contributed by atoms with E-state index in [0.29, 0.717) is 28.3 Å². The van der Waals surface area contributed by atoms with E-state index in [9.17, 15) is 0 Å². The van der Waals surface area contributed by atoms with Crippen LogP contribution in [0, 0.1) is 13.8 Å². The van der Waals surface area contributed by atoms with Crippen LogP contribution in [0.2, 0.25) is 0 Å². The number of nitrogens with zero attached hydrogens (tertiary/aromatic N) is 5. The van der Waals surface area contributed by atoms with E-state index < -0.39 is 0 Å². The predicted octanol–water partition coefficient (Wildman–Crippen LogP) is 2.88. The quantitative estimate of drug-likeness (QED) is 0.211. The summed E-state index contributed by atoms with van der Waals surface area (Å²) < 4.78 is 7.68. The molecular formula is C19H26CuN7OS2. The van der Waals surface area contributed by atoms with E-state index in [1.54, 1.807) is 20.4 Å². The SMILES string of the molecule is CN=C([S-])N/N=C(/C(C)=N/NC(=NC)SC)c1cc(C)n(Cc2ccco2)c1C.[Cu+]. The molecule has 2 rings (SSSR count). The van der Waals surface area contributed by atoms with E-state index in [4.69, 9.17) is 17.0 Å². The Hall–Kier alpha value is -2.07. The summed E-state index contributed by atoms with van der Waals surface area (Å²) >= 11 is 6.59. The van der Waals surface area contributed by atoms with Crippen molar-refractivity contribution in [2.45, 2.75) is 27.3 Å². The van der Waals surface area contributed by atoms with Gasteiger partial charge in [-0.2, -0.15) is 10.2 Å². The molecule has 0 saturated heterocycles. The van der Waals surface area contributed by atoms with Crippen molar-refractivity contribution < 1.29 is 21.5 Å². The number of aromatic nitrogens is 1. The van der Waals surface area contributed by atoms with Gasteiger partial charge in [0.1, 0.15) is 11.5 Å². The Morgan fingerprint density at radius 3 is 2.50 bits per heavy atom. The molecule has 8 nitrogen and oxygen atoms in total. The van der Waals surface area contributed by atoms with Crippen LogP contribution in [0.4, 0.5) is 0 Å². The molecular weight excluding hydrogens is 470 g/mol.